The molecule has 6 heteroatoms. The van der Waals surface area contributed by atoms with E-state index >= 15 is 0 Å². The van der Waals surface area contributed by atoms with Gasteiger partial charge in [0.05, 0.1) is 10.4 Å². The molecule has 0 aliphatic carbocycles. The second-order valence-corrected chi connectivity index (χ2v) is 3.82. The van der Waals surface area contributed by atoms with Crippen LogP contribution in [0.3, 0.4) is 0 Å². The van der Waals surface area contributed by atoms with Gasteiger partial charge in [0.1, 0.15) is 5.75 Å². The largest absolute Gasteiger partial charge is 0.573 e. The van der Waals surface area contributed by atoms with Gasteiger partial charge in [0, 0.05) is 6.20 Å². The van der Waals surface area contributed by atoms with Crippen LogP contribution in [-0.2, 0) is 0 Å². The summed E-state index contributed by atoms with van der Waals surface area (Å²) >= 11 is 1.42. The number of nitrogens with zero attached hydrogens (tertiary/aromatic N) is 1. The predicted octanol–water partition coefficient (Wildman–Crippen LogP) is 3.71. The van der Waals surface area contributed by atoms with E-state index in [1.54, 1.807) is 23.8 Å². The van der Waals surface area contributed by atoms with Gasteiger partial charge < -0.3 is 4.74 Å². The van der Waals surface area contributed by atoms with Crippen LogP contribution >= 0.6 is 11.3 Å². The van der Waals surface area contributed by atoms with Crippen molar-refractivity contribution in [1.29, 1.82) is 0 Å². The lowest BCUT2D eigenvalue weighted by Gasteiger charge is -2.08. The van der Waals surface area contributed by atoms with Gasteiger partial charge in [-0.25, -0.2) is 0 Å². The molecule has 0 saturated carbocycles. The van der Waals surface area contributed by atoms with Gasteiger partial charge >= 0.3 is 6.36 Å². The molecule has 1 aromatic heterocycles. The molecule has 0 spiro atoms. The molecule has 0 aliphatic rings. The quantitative estimate of drug-likeness (QED) is 0.804. The molecule has 1 aromatic carbocycles. The summed E-state index contributed by atoms with van der Waals surface area (Å²) in [5.74, 6) is -0.222. The van der Waals surface area contributed by atoms with E-state index in [-0.39, 0.29) is 5.75 Å². The molecule has 0 unspecified atom stereocenters. The molecule has 0 radical (unpaired) electrons. The van der Waals surface area contributed by atoms with E-state index in [0.717, 1.165) is 10.4 Å². The van der Waals surface area contributed by atoms with Crippen molar-refractivity contribution in [3.05, 3.63) is 36.0 Å². The molecule has 2 aromatic rings. The molecule has 0 saturated heterocycles. The number of hydrogen-bond donors (Lipinski definition) is 0. The van der Waals surface area contributed by atoms with Crippen molar-refractivity contribution in [2.24, 2.45) is 0 Å². The highest BCUT2D eigenvalue weighted by molar-refractivity contribution is 7.13. The monoisotopic (exact) mass is 245 g/mol. The van der Waals surface area contributed by atoms with Crippen LogP contribution in [0.2, 0.25) is 0 Å². The van der Waals surface area contributed by atoms with Crippen LogP contribution in [0.4, 0.5) is 13.2 Å². The SMILES string of the molecule is FC(F)(F)Oc1ccc(-c2cncs2)cc1. The third-order valence-electron chi connectivity index (χ3n) is 1.80. The molecule has 0 aliphatic heterocycles. The van der Waals surface area contributed by atoms with Gasteiger partial charge in [0.25, 0.3) is 0 Å². The number of rotatable bonds is 2. The van der Waals surface area contributed by atoms with Crippen LogP contribution in [-0.4, -0.2) is 11.3 Å². The minimum Gasteiger partial charge on any atom is -0.406 e. The number of thiazole rings is 1. The van der Waals surface area contributed by atoms with Gasteiger partial charge in [-0.2, -0.15) is 0 Å². The minimum atomic E-state index is -4.65. The smallest absolute Gasteiger partial charge is 0.406 e. The fraction of sp³-hybridized carbons (Fsp3) is 0.100. The Balaban J connectivity index is 2.17. The van der Waals surface area contributed by atoms with Gasteiger partial charge in [-0.15, -0.1) is 24.5 Å². The average Bonchev–Trinajstić information content (AvgIpc) is 2.69. The van der Waals surface area contributed by atoms with Crippen LogP contribution in [0.5, 0.6) is 5.75 Å². The van der Waals surface area contributed by atoms with Crippen molar-refractivity contribution < 1.29 is 17.9 Å². The normalized spacial score (nSPS) is 11.4. The zero-order valence-corrected chi connectivity index (χ0v) is 8.68. The highest BCUT2D eigenvalue weighted by Gasteiger charge is 2.30. The van der Waals surface area contributed by atoms with E-state index in [1.165, 1.54) is 23.5 Å². The number of halogens is 3. The van der Waals surface area contributed by atoms with E-state index < -0.39 is 6.36 Å². The molecular formula is C10H6F3NOS. The molecule has 1 heterocycles. The Morgan fingerprint density at radius 1 is 1.12 bits per heavy atom. The second-order valence-electron chi connectivity index (χ2n) is 2.94. The second kappa shape index (κ2) is 4.13. The van der Waals surface area contributed by atoms with Crippen LogP contribution in [0, 0.1) is 0 Å². The van der Waals surface area contributed by atoms with Crippen LogP contribution < -0.4 is 4.74 Å². The third-order valence-corrected chi connectivity index (χ3v) is 2.63. The topological polar surface area (TPSA) is 22.1 Å². The maximum atomic E-state index is 11.9. The number of hydrogen-bond acceptors (Lipinski definition) is 3. The Morgan fingerprint density at radius 2 is 1.81 bits per heavy atom. The lowest BCUT2D eigenvalue weighted by atomic mass is 10.2. The summed E-state index contributed by atoms with van der Waals surface area (Å²) in [6, 6.07) is 5.69. The molecule has 0 bridgehead atoms. The number of alkyl halides is 3. The van der Waals surface area contributed by atoms with Crippen molar-refractivity contribution >= 4 is 11.3 Å². The Hall–Kier alpha value is -1.56. The molecule has 0 fully saturated rings. The van der Waals surface area contributed by atoms with E-state index in [0.29, 0.717) is 0 Å². The summed E-state index contributed by atoms with van der Waals surface area (Å²) in [6.07, 6.45) is -2.99. The molecule has 84 valence electrons. The predicted molar refractivity (Wildman–Crippen MR) is 54.2 cm³/mol. The molecule has 2 rings (SSSR count). The lowest BCUT2D eigenvalue weighted by molar-refractivity contribution is -0.274. The number of benzene rings is 1. The lowest BCUT2D eigenvalue weighted by Crippen LogP contribution is -2.16. The van der Waals surface area contributed by atoms with E-state index in [1.807, 2.05) is 0 Å². The van der Waals surface area contributed by atoms with Crippen molar-refractivity contribution in [3.63, 3.8) is 0 Å². The first-order valence-corrected chi connectivity index (χ1v) is 5.17. The Kier molecular flexibility index (Phi) is 2.82. The van der Waals surface area contributed by atoms with Crippen molar-refractivity contribution in [3.8, 4) is 16.2 Å². The van der Waals surface area contributed by atoms with E-state index in [4.69, 9.17) is 0 Å². The summed E-state index contributed by atoms with van der Waals surface area (Å²) < 4.78 is 39.4. The van der Waals surface area contributed by atoms with Crippen molar-refractivity contribution in [2.45, 2.75) is 6.36 Å². The fourth-order valence-electron chi connectivity index (χ4n) is 1.18. The Labute approximate surface area is 93.3 Å². The van der Waals surface area contributed by atoms with Gasteiger partial charge in [-0.3, -0.25) is 4.98 Å². The Morgan fingerprint density at radius 3 is 2.31 bits per heavy atom. The van der Waals surface area contributed by atoms with Gasteiger partial charge in [-0.1, -0.05) is 0 Å². The zero-order valence-electron chi connectivity index (χ0n) is 7.86. The summed E-state index contributed by atoms with van der Waals surface area (Å²) in [5.41, 5.74) is 2.48. The van der Waals surface area contributed by atoms with Crippen molar-refractivity contribution in [1.82, 2.24) is 4.98 Å². The van der Waals surface area contributed by atoms with Gasteiger partial charge in [0.2, 0.25) is 0 Å². The van der Waals surface area contributed by atoms with Gasteiger partial charge in [-0.05, 0) is 29.8 Å². The average molecular weight is 245 g/mol. The summed E-state index contributed by atoms with van der Waals surface area (Å²) in [7, 11) is 0. The first-order valence-electron chi connectivity index (χ1n) is 4.29. The maximum absolute atomic E-state index is 11.9. The summed E-state index contributed by atoms with van der Waals surface area (Å²) in [4.78, 5) is 4.79. The highest BCUT2D eigenvalue weighted by Crippen LogP contribution is 2.27. The van der Waals surface area contributed by atoms with Crippen LogP contribution in [0.15, 0.2) is 36.0 Å². The molecular weight excluding hydrogens is 239 g/mol. The molecule has 0 amide bonds. The van der Waals surface area contributed by atoms with Crippen LogP contribution in [0.25, 0.3) is 10.4 Å². The standard InChI is InChI=1S/C10H6F3NOS/c11-10(12,13)15-8-3-1-7(2-4-8)9-5-14-6-16-9/h1-6H. The third kappa shape index (κ3) is 2.73. The number of aromatic nitrogens is 1. The fourth-order valence-corrected chi connectivity index (χ4v) is 1.81. The van der Waals surface area contributed by atoms with E-state index in [2.05, 4.69) is 9.72 Å². The molecule has 16 heavy (non-hydrogen) atoms. The first kappa shape index (κ1) is 10.9. The maximum Gasteiger partial charge on any atom is 0.573 e. The van der Waals surface area contributed by atoms with E-state index in [9.17, 15) is 13.2 Å². The minimum absolute atomic E-state index is 0.222. The Bertz CT molecular complexity index is 450. The van der Waals surface area contributed by atoms with Crippen LogP contribution in [0.1, 0.15) is 0 Å². The molecule has 0 atom stereocenters. The van der Waals surface area contributed by atoms with Crippen molar-refractivity contribution in [2.75, 3.05) is 0 Å². The first-order chi connectivity index (χ1) is 7.54. The zero-order chi connectivity index (χ0) is 11.6. The number of ether oxygens (including phenoxy) is 1. The summed E-state index contributed by atoms with van der Waals surface area (Å²) in [6.45, 7) is 0. The summed E-state index contributed by atoms with van der Waals surface area (Å²) in [5, 5.41) is 0. The molecule has 2 nitrogen and oxygen atoms in total. The van der Waals surface area contributed by atoms with Gasteiger partial charge in [0.15, 0.2) is 0 Å². The highest BCUT2D eigenvalue weighted by atomic mass is 32.1. The molecule has 0 N–H and O–H groups in total.